The van der Waals surface area contributed by atoms with Gasteiger partial charge >= 0.3 is 0 Å². The van der Waals surface area contributed by atoms with Crippen molar-refractivity contribution in [3.05, 3.63) is 71.6 Å². The fourth-order valence-electron chi connectivity index (χ4n) is 2.90. The Hall–Kier alpha value is -3.41. The molecule has 29 heavy (non-hydrogen) atoms. The maximum absolute atomic E-state index is 12.9. The Bertz CT molecular complexity index is 990. The van der Waals surface area contributed by atoms with Crippen molar-refractivity contribution >= 4 is 17.5 Å². The number of aryl methyl sites for hydroxylation is 2. The van der Waals surface area contributed by atoms with Gasteiger partial charge in [-0.2, -0.15) is 0 Å². The maximum atomic E-state index is 12.9. The van der Waals surface area contributed by atoms with E-state index in [0.717, 1.165) is 17.0 Å². The molecule has 1 atom stereocenters. The molecule has 2 N–H and O–H groups in total. The van der Waals surface area contributed by atoms with Gasteiger partial charge < -0.3 is 15.1 Å². The number of hydrogen-bond acceptors (Lipinski definition) is 4. The van der Waals surface area contributed by atoms with Gasteiger partial charge in [0.25, 0.3) is 5.91 Å². The zero-order valence-electron chi connectivity index (χ0n) is 17.0. The molecular formula is C23H25N3O3. The van der Waals surface area contributed by atoms with Gasteiger partial charge in [-0.25, -0.2) is 4.98 Å². The molecule has 6 nitrogen and oxygen atoms in total. The summed E-state index contributed by atoms with van der Waals surface area (Å²) < 4.78 is 5.67. The van der Waals surface area contributed by atoms with E-state index in [-0.39, 0.29) is 17.7 Å². The van der Waals surface area contributed by atoms with E-state index < -0.39 is 6.04 Å². The number of nitrogens with one attached hydrogen (secondary N) is 2. The number of benzene rings is 2. The number of anilines is 1. The molecule has 6 heteroatoms. The minimum atomic E-state index is -0.669. The molecule has 0 saturated carbocycles. The smallest absolute Gasteiger partial charge is 0.251 e. The van der Waals surface area contributed by atoms with Crippen LogP contribution < -0.4 is 10.6 Å². The van der Waals surface area contributed by atoms with Crippen molar-refractivity contribution < 1.29 is 14.0 Å². The van der Waals surface area contributed by atoms with E-state index in [9.17, 15) is 9.59 Å². The Morgan fingerprint density at radius 3 is 2.34 bits per heavy atom. The predicted octanol–water partition coefficient (Wildman–Crippen LogP) is 4.35. The molecule has 0 aliphatic rings. The number of aromatic nitrogens is 1. The van der Waals surface area contributed by atoms with Crippen molar-refractivity contribution in [2.75, 3.05) is 5.32 Å². The first-order valence-electron chi connectivity index (χ1n) is 9.56. The van der Waals surface area contributed by atoms with Gasteiger partial charge in [0.1, 0.15) is 11.8 Å². The zero-order valence-corrected chi connectivity index (χ0v) is 17.0. The average Bonchev–Trinajstić information content (AvgIpc) is 3.05. The van der Waals surface area contributed by atoms with Crippen molar-refractivity contribution in [1.82, 2.24) is 10.3 Å². The molecule has 3 rings (SSSR count). The van der Waals surface area contributed by atoms with Crippen LogP contribution in [0.1, 0.15) is 35.7 Å². The second kappa shape index (κ2) is 8.73. The molecule has 150 valence electrons. The van der Waals surface area contributed by atoms with E-state index in [2.05, 4.69) is 15.6 Å². The fraction of sp³-hybridized carbons (Fsp3) is 0.261. The molecule has 3 aromatic rings. The van der Waals surface area contributed by atoms with Crippen LogP contribution in [0.5, 0.6) is 0 Å². The van der Waals surface area contributed by atoms with Crippen molar-refractivity contribution in [3.63, 3.8) is 0 Å². The molecule has 0 aliphatic carbocycles. The number of rotatable bonds is 6. The lowest BCUT2D eigenvalue weighted by atomic mass is 10.0. The highest BCUT2D eigenvalue weighted by Crippen LogP contribution is 2.24. The molecule has 0 radical (unpaired) electrons. The minimum absolute atomic E-state index is 0.0807. The lowest BCUT2D eigenvalue weighted by Crippen LogP contribution is -2.47. The molecule has 0 aliphatic heterocycles. The first kappa shape index (κ1) is 20.3. The molecule has 0 saturated heterocycles. The Kier molecular flexibility index (Phi) is 6.12. The van der Waals surface area contributed by atoms with E-state index in [1.54, 1.807) is 36.4 Å². The Balaban J connectivity index is 1.75. The number of amides is 2. The highest BCUT2D eigenvalue weighted by atomic mass is 16.4. The predicted molar refractivity (Wildman–Crippen MR) is 113 cm³/mol. The van der Waals surface area contributed by atoms with E-state index in [4.69, 9.17) is 4.42 Å². The Morgan fingerprint density at radius 2 is 1.72 bits per heavy atom. The van der Waals surface area contributed by atoms with Gasteiger partial charge in [0.15, 0.2) is 0 Å². The fourth-order valence-corrected chi connectivity index (χ4v) is 2.90. The molecular weight excluding hydrogens is 366 g/mol. The Morgan fingerprint density at radius 1 is 1.00 bits per heavy atom. The summed E-state index contributed by atoms with van der Waals surface area (Å²) in [7, 11) is 0. The van der Waals surface area contributed by atoms with Crippen molar-refractivity contribution in [2.24, 2.45) is 5.92 Å². The number of carbonyl (C=O) groups excluding carboxylic acids is 2. The molecule has 0 spiro atoms. The van der Waals surface area contributed by atoms with Gasteiger partial charge in [-0.1, -0.05) is 38.1 Å². The number of hydrogen-bond donors (Lipinski definition) is 2. The highest BCUT2D eigenvalue weighted by Gasteiger charge is 2.25. The third-order valence-corrected chi connectivity index (χ3v) is 4.68. The second-order valence-corrected chi connectivity index (χ2v) is 7.29. The van der Waals surface area contributed by atoms with Crippen molar-refractivity contribution in [2.45, 2.75) is 33.7 Å². The maximum Gasteiger partial charge on any atom is 0.251 e. The third-order valence-electron chi connectivity index (χ3n) is 4.68. The normalized spacial score (nSPS) is 11.9. The van der Waals surface area contributed by atoms with Gasteiger partial charge in [0.2, 0.25) is 11.8 Å². The van der Waals surface area contributed by atoms with Crippen LogP contribution in [-0.4, -0.2) is 22.8 Å². The third kappa shape index (κ3) is 4.90. The largest absolute Gasteiger partial charge is 0.441 e. The van der Waals surface area contributed by atoms with E-state index in [0.29, 0.717) is 17.1 Å². The van der Waals surface area contributed by atoms with E-state index in [1.165, 1.54) is 0 Å². The second-order valence-electron chi connectivity index (χ2n) is 7.29. The van der Waals surface area contributed by atoms with E-state index >= 15 is 0 Å². The monoisotopic (exact) mass is 391 g/mol. The highest BCUT2D eigenvalue weighted by molar-refractivity contribution is 6.01. The lowest BCUT2D eigenvalue weighted by molar-refractivity contribution is -0.118. The SMILES string of the molecule is Cc1nc(-c2cccc(NC(=O)C(NC(=O)c3ccccc3)C(C)C)c2)oc1C. The van der Waals surface area contributed by atoms with Crippen LogP contribution in [0.2, 0.25) is 0 Å². The summed E-state index contributed by atoms with van der Waals surface area (Å²) in [5.74, 6) is 0.634. The topological polar surface area (TPSA) is 84.2 Å². The first-order valence-corrected chi connectivity index (χ1v) is 9.56. The summed E-state index contributed by atoms with van der Waals surface area (Å²) in [5.41, 5.74) is 2.73. The standard InChI is InChI=1S/C23H25N3O3/c1-14(2)20(26-21(27)17-9-6-5-7-10-17)22(28)25-19-12-8-11-18(13-19)23-24-15(3)16(4)29-23/h5-14,20H,1-4H3,(H,25,28)(H,26,27). The van der Waals surface area contributed by atoms with Crippen LogP contribution in [0.15, 0.2) is 59.0 Å². The molecule has 0 fully saturated rings. The van der Waals surface area contributed by atoms with E-state index in [1.807, 2.05) is 45.9 Å². The lowest BCUT2D eigenvalue weighted by Gasteiger charge is -2.22. The van der Waals surface area contributed by atoms with Crippen LogP contribution in [-0.2, 0) is 4.79 Å². The van der Waals surface area contributed by atoms with Crippen molar-refractivity contribution in [1.29, 1.82) is 0 Å². The minimum Gasteiger partial charge on any atom is -0.441 e. The average molecular weight is 391 g/mol. The van der Waals surface area contributed by atoms with Crippen LogP contribution in [0, 0.1) is 19.8 Å². The quantitative estimate of drug-likeness (QED) is 0.654. The summed E-state index contributed by atoms with van der Waals surface area (Å²) in [6.45, 7) is 7.53. The van der Waals surface area contributed by atoms with Gasteiger partial charge in [0, 0.05) is 16.8 Å². The van der Waals surface area contributed by atoms with Crippen molar-refractivity contribution in [3.8, 4) is 11.5 Å². The number of oxazole rings is 1. The summed E-state index contributed by atoms with van der Waals surface area (Å²) >= 11 is 0. The van der Waals surface area contributed by atoms with Crippen LogP contribution >= 0.6 is 0 Å². The Labute approximate surface area is 170 Å². The summed E-state index contributed by atoms with van der Waals surface area (Å²) in [5, 5.41) is 5.72. The number of carbonyl (C=O) groups is 2. The molecule has 0 bridgehead atoms. The first-order chi connectivity index (χ1) is 13.8. The van der Waals surface area contributed by atoms with Crippen LogP contribution in [0.4, 0.5) is 5.69 Å². The molecule has 1 heterocycles. The summed E-state index contributed by atoms with van der Waals surface area (Å²) in [4.78, 5) is 29.7. The van der Waals surface area contributed by atoms with Gasteiger partial charge in [-0.15, -0.1) is 0 Å². The zero-order chi connectivity index (χ0) is 21.0. The number of nitrogens with zero attached hydrogens (tertiary/aromatic N) is 1. The molecule has 1 aromatic heterocycles. The summed E-state index contributed by atoms with van der Waals surface area (Å²) in [6, 6.07) is 15.5. The van der Waals surface area contributed by atoms with Gasteiger partial charge in [0.05, 0.1) is 5.69 Å². The summed E-state index contributed by atoms with van der Waals surface area (Å²) in [6.07, 6.45) is 0. The van der Waals surface area contributed by atoms with Crippen LogP contribution in [0.25, 0.3) is 11.5 Å². The molecule has 2 aromatic carbocycles. The van der Waals surface area contributed by atoms with Crippen LogP contribution in [0.3, 0.4) is 0 Å². The molecule has 2 amide bonds. The molecule has 1 unspecified atom stereocenters. The van der Waals surface area contributed by atoms with Gasteiger partial charge in [-0.3, -0.25) is 9.59 Å². The van der Waals surface area contributed by atoms with Gasteiger partial charge in [-0.05, 0) is 50.1 Å².